The molecule has 4 heteroatoms. The van der Waals surface area contributed by atoms with Crippen LogP contribution in [0, 0.1) is 0 Å². The molecule has 1 aliphatic heterocycles. The number of hydrogen-bond acceptors (Lipinski definition) is 2. The van der Waals surface area contributed by atoms with E-state index in [2.05, 4.69) is 12.2 Å². The predicted octanol–water partition coefficient (Wildman–Crippen LogP) is 2.86. The molecule has 0 aliphatic carbocycles. The molecule has 1 heterocycles. The Morgan fingerprint density at radius 1 is 1.10 bits per heavy atom. The van der Waals surface area contributed by atoms with Crippen molar-refractivity contribution in [1.82, 2.24) is 10.2 Å². The predicted molar refractivity (Wildman–Crippen MR) is 81.4 cm³/mol. The maximum absolute atomic E-state index is 12.6. The molecule has 0 saturated carbocycles. The molecule has 1 saturated heterocycles. The number of carbonyl (C=O) groups is 2. The first-order chi connectivity index (χ1) is 9.50. The van der Waals surface area contributed by atoms with Crippen LogP contribution in [0.1, 0.15) is 72.6 Å². The summed E-state index contributed by atoms with van der Waals surface area (Å²) in [5.41, 5.74) is -0.716. The van der Waals surface area contributed by atoms with Crippen LogP contribution in [-0.2, 0) is 9.59 Å². The van der Waals surface area contributed by atoms with Crippen molar-refractivity contribution in [3.8, 4) is 0 Å². The van der Waals surface area contributed by atoms with E-state index in [1.807, 2.05) is 25.7 Å². The Bertz CT molecular complexity index is 343. The number of nitrogens with zero attached hydrogens (tertiary/aromatic N) is 1. The highest BCUT2D eigenvalue weighted by atomic mass is 16.2. The van der Waals surface area contributed by atoms with Crippen molar-refractivity contribution in [3.05, 3.63) is 0 Å². The Morgan fingerprint density at radius 2 is 1.75 bits per heavy atom. The van der Waals surface area contributed by atoms with Crippen LogP contribution in [0.5, 0.6) is 0 Å². The normalized spacial score (nSPS) is 26.8. The quantitative estimate of drug-likeness (QED) is 0.696. The van der Waals surface area contributed by atoms with Crippen molar-refractivity contribution >= 4 is 11.8 Å². The van der Waals surface area contributed by atoms with Gasteiger partial charge < -0.3 is 10.2 Å². The fraction of sp³-hybridized carbons (Fsp3) is 0.875. The van der Waals surface area contributed by atoms with Gasteiger partial charge in [-0.2, -0.15) is 0 Å². The summed E-state index contributed by atoms with van der Waals surface area (Å²) in [5, 5.41) is 2.90. The van der Waals surface area contributed by atoms with Crippen molar-refractivity contribution in [1.29, 1.82) is 0 Å². The van der Waals surface area contributed by atoms with Gasteiger partial charge in [-0.3, -0.25) is 9.59 Å². The highest BCUT2D eigenvalue weighted by molar-refractivity contribution is 5.99. The Balaban J connectivity index is 2.66. The summed E-state index contributed by atoms with van der Waals surface area (Å²) in [6.45, 7) is 8.66. The molecule has 4 nitrogen and oxygen atoms in total. The summed E-state index contributed by atoms with van der Waals surface area (Å²) in [7, 11) is 0. The van der Waals surface area contributed by atoms with Crippen molar-refractivity contribution in [2.45, 2.75) is 84.2 Å². The van der Waals surface area contributed by atoms with E-state index in [1.54, 1.807) is 0 Å². The number of unbranched alkanes of at least 4 members (excludes halogenated alkanes) is 4. The molecule has 1 aliphatic rings. The number of rotatable bonds is 8. The van der Waals surface area contributed by atoms with E-state index < -0.39 is 5.54 Å². The van der Waals surface area contributed by atoms with Crippen molar-refractivity contribution in [2.75, 3.05) is 6.54 Å². The lowest BCUT2D eigenvalue weighted by Gasteiger charge is -2.44. The van der Waals surface area contributed by atoms with Crippen LogP contribution in [0.3, 0.4) is 0 Å². The maximum atomic E-state index is 12.6. The summed E-state index contributed by atoms with van der Waals surface area (Å²) in [6, 6.07) is -0.284. The van der Waals surface area contributed by atoms with Crippen LogP contribution in [-0.4, -0.2) is 34.8 Å². The molecule has 0 radical (unpaired) electrons. The van der Waals surface area contributed by atoms with Crippen LogP contribution >= 0.6 is 0 Å². The molecule has 0 bridgehead atoms. The van der Waals surface area contributed by atoms with Crippen LogP contribution < -0.4 is 5.32 Å². The molecular weight excluding hydrogens is 252 g/mol. The zero-order valence-corrected chi connectivity index (χ0v) is 13.5. The standard InChI is InChI=1S/C16H30N2O2/c1-5-8-9-10-11-12-18-13(6-2)14(19)17-16(4,7-3)15(18)20/h13H,5-12H2,1-4H3,(H,17,19). The second-order valence-corrected chi connectivity index (χ2v) is 6.01. The molecule has 0 aromatic heterocycles. The molecular formula is C16H30N2O2. The molecule has 20 heavy (non-hydrogen) atoms. The molecule has 2 unspecified atom stereocenters. The molecule has 1 fully saturated rings. The molecule has 0 spiro atoms. The highest BCUT2D eigenvalue weighted by Crippen LogP contribution is 2.23. The number of nitrogens with one attached hydrogen (secondary N) is 1. The van der Waals surface area contributed by atoms with Gasteiger partial charge in [-0.05, 0) is 26.2 Å². The lowest BCUT2D eigenvalue weighted by molar-refractivity contribution is -0.154. The minimum atomic E-state index is -0.716. The fourth-order valence-corrected chi connectivity index (χ4v) is 2.80. The molecule has 0 aromatic carbocycles. The Kier molecular flexibility index (Phi) is 6.50. The van der Waals surface area contributed by atoms with Gasteiger partial charge in [0.25, 0.3) is 0 Å². The first kappa shape index (κ1) is 17.0. The number of piperazine rings is 1. The van der Waals surface area contributed by atoms with Gasteiger partial charge in [-0.1, -0.05) is 46.5 Å². The van der Waals surface area contributed by atoms with Crippen LogP contribution in [0.2, 0.25) is 0 Å². The van der Waals surface area contributed by atoms with E-state index in [0.717, 1.165) is 12.8 Å². The molecule has 1 rings (SSSR count). The van der Waals surface area contributed by atoms with E-state index in [-0.39, 0.29) is 17.9 Å². The second-order valence-electron chi connectivity index (χ2n) is 6.01. The van der Waals surface area contributed by atoms with E-state index in [4.69, 9.17) is 0 Å². The van der Waals surface area contributed by atoms with Crippen molar-refractivity contribution < 1.29 is 9.59 Å². The zero-order valence-electron chi connectivity index (χ0n) is 13.5. The molecule has 0 aromatic rings. The average molecular weight is 282 g/mol. The number of hydrogen-bond donors (Lipinski definition) is 1. The van der Waals surface area contributed by atoms with E-state index >= 15 is 0 Å². The molecule has 1 N–H and O–H groups in total. The smallest absolute Gasteiger partial charge is 0.248 e. The minimum Gasteiger partial charge on any atom is -0.340 e. The van der Waals surface area contributed by atoms with Gasteiger partial charge in [0.15, 0.2) is 0 Å². The van der Waals surface area contributed by atoms with Gasteiger partial charge in [0.1, 0.15) is 11.6 Å². The van der Waals surface area contributed by atoms with Gasteiger partial charge in [-0.25, -0.2) is 0 Å². The van der Waals surface area contributed by atoms with E-state index in [0.29, 0.717) is 19.4 Å². The first-order valence-corrected chi connectivity index (χ1v) is 8.13. The topological polar surface area (TPSA) is 49.4 Å². The van der Waals surface area contributed by atoms with E-state index in [9.17, 15) is 9.59 Å². The van der Waals surface area contributed by atoms with Gasteiger partial charge in [0, 0.05) is 6.54 Å². The summed E-state index contributed by atoms with van der Waals surface area (Å²) in [5.74, 6) is 0.0898. The lowest BCUT2D eigenvalue weighted by Crippen LogP contribution is -2.68. The highest BCUT2D eigenvalue weighted by Gasteiger charge is 2.45. The maximum Gasteiger partial charge on any atom is 0.248 e. The van der Waals surface area contributed by atoms with E-state index in [1.165, 1.54) is 19.3 Å². The van der Waals surface area contributed by atoms with Crippen molar-refractivity contribution in [3.63, 3.8) is 0 Å². The number of carbonyl (C=O) groups excluding carboxylic acids is 2. The first-order valence-electron chi connectivity index (χ1n) is 8.13. The summed E-state index contributed by atoms with van der Waals surface area (Å²) in [4.78, 5) is 26.6. The van der Waals surface area contributed by atoms with Crippen LogP contribution in [0.25, 0.3) is 0 Å². The number of amides is 2. The zero-order chi connectivity index (χ0) is 15.2. The largest absolute Gasteiger partial charge is 0.340 e. The third-order valence-electron chi connectivity index (χ3n) is 4.41. The lowest BCUT2D eigenvalue weighted by atomic mass is 9.91. The minimum absolute atomic E-state index is 0.00464. The fourth-order valence-electron chi connectivity index (χ4n) is 2.80. The van der Waals surface area contributed by atoms with Gasteiger partial charge >= 0.3 is 0 Å². The van der Waals surface area contributed by atoms with Crippen molar-refractivity contribution in [2.24, 2.45) is 0 Å². The van der Waals surface area contributed by atoms with Gasteiger partial charge in [0.05, 0.1) is 0 Å². The third-order valence-corrected chi connectivity index (χ3v) is 4.41. The summed E-state index contributed by atoms with van der Waals surface area (Å²) in [6.07, 6.45) is 7.14. The summed E-state index contributed by atoms with van der Waals surface area (Å²) < 4.78 is 0. The van der Waals surface area contributed by atoms with Gasteiger partial charge in [-0.15, -0.1) is 0 Å². The Morgan fingerprint density at radius 3 is 2.30 bits per heavy atom. The monoisotopic (exact) mass is 282 g/mol. The van der Waals surface area contributed by atoms with Gasteiger partial charge in [0.2, 0.25) is 11.8 Å². The third kappa shape index (κ3) is 3.74. The molecule has 2 amide bonds. The summed E-state index contributed by atoms with van der Waals surface area (Å²) >= 11 is 0. The van der Waals surface area contributed by atoms with Crippen LogP contribution in [0.4, 0.5) is 0 Å². The second kappa shape index (κ2) is 7.65. The average Bonchev–Trinajstić information content (AvgIpc) is 2.43. The van der Waals surface area contributed by atoms with Crippen LogP contribution in [0.15, 0.2) is 0 Å². The molecule has 2 atom stereocenters. The Labute approximate surface area is 123 Å². The Hall–Kier alpha value is -1.06. The SMILES string of the molecule is CCCCCCCN1C(=O)C(C)(CC)NC(=O)C1CC. The molecule has 116 valence electrons.